The normalized spacial score (nSPS) is 18.3. The van der Waals surface area contributed by atoms with Crippen LogP contribution in [-0.2, 0) is 6.61 Å². The van der Waals surface area contributed by atoms with E-state index in [2.05, 4.69) is 6.58 Å². The lowest BCUT2D eigenvalue weighted by molar-refractivity contribution is 0.0963. The van der Waals surface area contributed by atoms with Crippen LogP contribution in [0, 0.1) is 29.2 Å². The highest BCUT2D eigenvalue weighted by atomic mass is 19.2. The second-order valence-electron chi connectivity index (χ2n) is 9.45. The molecule has 1 aliphatic rings. The Hall–Kier alpha value is -3.32. The van der Waals surface area contributed by atoms with Gasteiger partial charge in [0.15, 0.2) is 23.2 Å². The molecule has 3 aromatic carbocycles. The lowest BCUT2D eigenvalue weighted by Gasteiger charge is -2.30. The first-order valence-corrected chi connectivity index (χ1v) is 12.4. The zero-order valence-corrected chi connectivity index (χ0v) is 20.7. The lowest BCUT2D eigenvalue weighted by atomic mass is 9.76. The standard InChI is InChI=1S/C30H30F4O3/c1-3-16-36-26-15-14-25(29(33)30(26)34)21-8-11-23(12-9-21)37-17-22-10-13-24(28(32)27(22)31)20-6-4-19(5-7-20)18(2)35/h3,8-15,18-20,35H,1,4-7,16-17H2,2H3. The monoisotopic (exact) mass is 514 g/mol. The summed E-state index contributed by atoms with van der Waals surface area (Å²) in [5, 5.41) is 9.77. The van der Waals surface area contributed by atoms with Gasteiger partial charge in [0.05, 0.1) is 6.10 Å². The van der Waals surface area contributed by atoms with E-state index < -0.39 is 23.3 Å². The van der Waals surface area contributed by atoms with Crippen molar-refractivity contribution >= 4 is 0 Å². The van der Waals surface area contributed by atoms with Crippen LogP contribution in [0.5, 0.6) is 11.5 Å². The van der Waals surface area contributed by atoms with Gasteiger partial charge in [0.2, 0.25) is 5.82 Å². The molecule has 1 saturated carbocycles. The Balaban J connectivity index is 1.41. The quantitative estimate of drug-likeness (QED) is 0.235. The first kappa shape index (κ1) is 26.7. The predicted octanol–water partition coefficient (Wildman–Crippen LogP) is 7.71. The Morgan fingerprint density at radius 3 is 2.22 bits per heavy atom. The van der Waals surface area contributed by atoms with E-state index in [0.717, 1.165) is 12.8 Å². The minimum atomic E-state index is -1.09. The smallest absolute Gasteiger partial charge is 0.201 e. The highest BCUT2D eigenvalue weighted by molar-refractivity contribution is 5.66. The summed E-state index contributed by atoms with van der Waals surface area (Å²) in [5.74, 6) is -3.60. The number of rotatable bonds is 9. The average Bonchev–Trinajstić information content (AvgIpc) is 2.91. The molecule has 0 spiro atoms. The van der Waals surface area contributed by atoms with Gasteiger partial charge < -0.3 is 14.6 Å². The summed E-state index contributed by atoms with van der Waals surface area (Å²) in [6.45, 7) is 5.11. The fourth-order valence-electron chi connectivity index (χ4n) is 4.85. The second-order valence-corrected chi connectivity index (χ2v) is 9.45. The SMILES string of the molecule is C=CCOc1ccc(-c2ccc(OCc3ccc(C4CCC(C(C)O)CC4)c(F)c3F)cc2)c(F)c1F. The maximum absolute atomic E-state index is 14.9. The van der Waals surface area contributed by atoms with Crippen LogP contribution in [0.1, 0.15) is 49.7 Å². The van der Waals surface area contributed by atoms with Crippen molar-refractivity contribution in [1.29, 1.82) is 0 Å². The summed E-state index contributed by atoms with van der Waals surface area (Å²) >= 11 is 0. The van der Waals surface area contributed by atoms with Crippen LogP contribution in [0.15, 0.2) is 61.2 Å². The number of halogens is 4. The van der Waals surface area contributed by atoms with Crippen molar-refractivity contribution in [1.82, 2.24) is 0 Å². The molecule has 0 aliphatic heterocycles. The number of aliphatic hydroxyl groups is 1. The Kier molecular flexibility index (Phi) is 8.54. The third-order valence-corrected chi connectivity index (χ3v) is 7.05. The van der Waals surface area contributed by atoms with Crippen LogP contribution in [-0.4, -0.2) is 17.8 Å². The van der Waals surface area contributed by atoms with Crippen LogP contribution in [0.3, 0.4) is 0 Å². The van der Waals surface area contributed by atoms with Gasteiger partial charge in [0.25, 0.3) is 0 Å². The van der Waals surface area contributed by atoms with Crippen LogP contribution in [0.4, 0.5) is 17.6 Å². The van der Waals surface area contributed by atoms with E-state index in [9.17, 15) is 22.7 Å². The largest absolute Gasteiger partial charge is 0.489 e. The van der Waals surface area contributed by atoms with Gasteiger partial charge in [-0.1, -0.05) is 36.9 Å². The number of hydrogen-bond donors (Lipinski definition) is 1. The third-order valence-electron chi connectivity index (χ3n) is 7.05. The van der Waals surface area contributed by atoms with Crippen molar-refractivity contribution < 1.29 is 32.1 Å². The molecule has 0 amide bonds. The summed E-state index contributed by atoms with van der Waals surface area (Å²) < 4.78 is 69.3. The summed E-state index contributed by atoms with van der Waals surface area (Å²) in [6.07, 6.45) is 4.04. The van der Waals surface area contributed by atoms with Crippen molar-refractivity contribution in [2.24, 2.45) is 5.92 Å². The van der Waals surface area contributed by atoms with E-state index in [4.69, 9.17) is 9.47 Å². The van der Waals surface area contributed by atoms with E-state index in [-0.39, 0.29) is 48.0 Å². The van der Waals surface area contributed by atoms with E-state index in [0.29, 0.717) is 29.7 Å². The van der Waals surface area contributed by atoms with Gasteiger partial charge >= 0.3 is 0 Å². The first-order chi connectivity index (χ1) is 17.8. The molecule has 3 nitrogen and oxygen atoms in total. The molecule has 37 heavy (non-hydrogen) atoms. The van der Waals surface area contributed by atoms with E-state index >= 15 is 0 Å². The van der Waals surface area contributed by atoms with Crippen LogP contribution in [0.25, 0.3) is 11.1 Å². The van der Waals surface area contributed by atoms with Gasteiger partial charge in [0.1, 0.15) is 19.0 Å². The summed E-state index contributed by atoms with van der Waals surface area (Å²) in [5.41, 5.74) is 0.933. The number of ether oxygens (including phenoxy) is 2. The molecular formula is C30H30F4O3. The molecule has 1 atom stereocenters. The zero-order chi connectivity index (χ0) is 26.5. The maximum atomic E-state index is 14.9. The molecule has 0 aromatic heterocycles. The molecule has 0 radical (unpaired) electrons. The highest BCUT2D eigenvalue weighted by Gasteiger charge is 2.28. The predicted molar refractivity (Wildman–Crippen MR) is 135 cm³/mol. The molecule has 0 heterocycles. The Morgan fingerprint density at radius 2 is 1.57 bits per heavy atom. The summed E-state index contributed by atoms with van der Waals surface area (Å²) in [7, 11) is 0. The highest BCUT2D eigenvalue weighted by Crippen LogP contribution is 2.39. The number of aliphatic hydroxyl groups excluding tert-OH is 1. The topological polar surface area (TPSA) is 38.7 Å². The maximum Gasteiger partial charge on any atom is 0.201 e. The zero-order valence-electron chi connectivity index (χ0n) is 20.7. The second kappa shape index (κ2) is 11.8. The molecule has 0 saturated heterocycles. The average molecular weight is 515 g/mol. The molecule has 1 aliphatic carbocycles. The van der Waals surface area contributed by atoms with Gasteiger partial charge in [-0.3, -0.25) is 0 Å². The molecule has 4 rings (SSSR count). The molecule has 1 unspecified atom stereocenters. The van der Waals surface area contributed by atoms with Gasteiger partial charge in [-0.2, -0.15) is 4.39 Å². The number of hydrogen-bond acceptors (Lipinski definition) is 3. The first-order valence-electron chi connectivity index (χ1n) is 12.4. The van der Waals surface area contributed by atoms with Gasteiger partial charge in [-0.05, 0) is 79.8 Å². The van der Waals surface area contributed by atoms with Gasteiger partial charge in [0, 0.05) is 11.1 Å². The minimum Gasteiger partial charge on any atom is -0.489 e. The van der Waals surface area contributed by atoms with Crippen LogP contribution >= 0.6 is 0 Å². The van der Waals surface area contributed by atoms with Crippen molar-refractivity contribution in [3.63, 3.8) is 0 Å². The fraction of sp³-hybridized carbons (Fsp3) is 0.333. The lowest BCUT2D eigenvalue weighted by Crippen LogP contribution is -2.23. The Labute approximate surface area is 214 Å². The van der Waals surface area contributed by atoms with Crippen LogP contribution < -0.4 is 9.47 Å². The molecular weight excluding hydrogens is 484 g/mol. The van der Waals surface area contributed by atoms with E-state index in [1.165, 1.54) is 24.3 Å². The number of benzene rings is 3. The van der Waals surface area contributed by atoms with Crippen molar-refractivity contribution in [2.45, 2.75) is 51.2 Å². The van der Waals surface area contributed by atoms with Crippen molar-refractivity contribution in [3.05, 3.63) is 95.6 Å². The minimum absolute atomic E-state index is 0.0555. The molecule has 3 aromatic rings. The Morgan fingerprint density at radius 1 is 0.865 bits per heavy atom. The molecule has 196 valence electrons. The van der Waals surface area contributed by atoms with Crippen molar-refractivity contribution in [3.8, 4) is 22.6 Å². The molecule has 1 N–H and O–H groups in total. The Bertz CT molecular complexity index is 1230. The van der Waals surface area contributed by atoms with Gasteiger partial charge in [-0.25, -0.2) is 13.2 Å². The van der Waals surface area contributed by atoms with Gasteiger partial charge in [-0.15, -0.1) is 0 Å². The fourth-order valence-corrected chi connectivity index (χ4v) is 4.85. The van der Waals surface area contributed by atoms with E-state index in [1.807, 2.05) is 0 Å². The molecule has 0 bridgehead atoms. The van der Waals surface area contributed by atoms with E-state index in [1.54, 1.807) is 37.3 Å². The third kappa shape index (κ3) is 5.99. The van der Waals surface area contributed by atoms with Crippen LogP contribution in [0.2, 0.25) is 0 Å². The molecule has 1 fully saturated rings. The molecule has 7 heteroatoms. The summed E-state index contributed by atoms with van der Waals surface area (Å²) in [6, 6.07) is 12.1. The summed E-state index contributed by atoms with van der Waals surface area (Å²) in [4.78, 5) is 0. The van der Waals surface area contributed by atoms with Crippen molar-refractivity contribution in [2.75, 3.05) is 6.61 Å².